The van der Waals surface area contributed by atoms with E-state index in [1.54, 1.807) is 37.4 Å². The van der Waals surface area contributed by atoms with Crippen molar-refractivity contribution < 1.29 is 38.1 Å². The van der Waals surface area contributed by atoms with Crippen LogP contribution in [0.15, 0.2) is 48.5 Å². The lowest BCUT2D eigenvalue weighted by Crippen LogP contribution is -2.22. The summed E-state index contributed by atoms with van der Waals surface area (Å²) in [7, 11) is 1.71. The number of rotatable bonds is 11. The summed E-state index contributed by atoms with van der Waals surface area (Å²) >= 11 is 0. The van der Waals surface area contributed by atoms with Crippen LogP contribution in [0.1, 0.15) is 74.0 Å². The Bertz CT molecular complexity index is 1050. The van der Waals surface area contributed by atoms with Gasteiger partial charge in [0.1, 0.15) is 13.2 Å². The molecule has 0 bridgehead atoms. The van der Waals surface area contributed by atoms with E-state index < -0.39 is 17.9 Å². The Kier molecular flexibility index (Phi) is 10.2. The van der Waals surface area contributed by atoms with E-state index in [0.717, 1.165) is 32.3 Å². The summed E-state index contributed by atoms with van der Waals surface area (Å²) in [6.45, 7) is 2.30. The van der Waals surface area contributed by atoms with Crippen molar-refractivity contribution in [2.24, 2.45) is 11.8 Å². The molecule has 3 rings (SSSR count). The fourth-order valence-electron chi connectivity index (χ4n) is 4.13. The molecule has 0 heterocycles. The third kappa shape index (κ3) is 8.02. The van der Waals surface area contributed by atoms with Crippen LogP contribution >= 0.6 is 0 Å². The highest BCUT2D eigenvalue weighted by atomic mass is 16.6. The van der Waals surface area contributed by atoms with Gasteiger partial charge in [0.05, 0.1) is 23.3 Å². The molecule has 0 aromatic heterocycles. The van der Waals surface area contributed by atoms with Crippen LogP contribution in [0.3, 0.4) is 0 Å². The van der Waals surface area contributed by atoms with E-state index in [0.29, 0.717) is 29.6 Å². The summed E-state index contributed by atoms with van der Waals surface area (Å²) in [5, 5.41) is 0. The number of ether oxygens (including phenoxy) is 4. The fraction of sp³-hybridized carbons (Fsp3) is 0.429. The molecule has 0 atom stereocenters. The van der Waals surface area contributed by atoms with Crippen LogP contribution in [0.25, 0.3) is 0 Å². The van der Waals surface area contributed by atoms with Crippen molar-refractivity contribution in [1.29, 1.82) is 0 Å². The van der Waals surface area contributed by atoms with Gasteiger partial charge in [-0.15, -0.1) is 0 Å². The molecule has 8 heteroatoms. The SMILES string of the molecule is COCC1CCC(COC(=O)c2cccc(C(=O)OCCOC(=O)c3ccc(C(C)=O)cc3)c2)CC1. The first kappa shape index (κ1) is 27.1. The van der Waals surface area contributed by atoms with E-state index in [9.17, 15) is 19.2 Å². The summed E-state index contributed by atoms with van der Waals surface area (Å²) in [4.78, 5) is 48.2. The minimum absolute atomic E-state index is 0.0974. The first-order valence-corrected chi connectivity index (χ1v) is 12.1. The van der Waals surface area contributed by atoms with Crippen LogP contribution in [0.4, 0.5) is 0 Å². The molecule has 1 saturated carbocycles. The summed E-state index contributed by atoms with van der Waals surface area (Å²) in [5.41, 5.74) is 1.27. The van der Waals surface area contributed by atoms with Crippen LogP contribution in [-0.4, -0.2) is 57.2 Å². The van der Waals surface area contributed by atoms with Crippen LogP contribution in [0, 0.1) is 11.8 Å². The Hall–Kier alpha value is -3.52. The molecule has 0 saturated heterocycles. The van der Waals surface area contributed by atoms with Gasteiger partial charge in [0.25, 0.3) is 0 Å². The Morgan fingerprint density at radius 1 is 0.667 bits per heavy atom. The van der Waals surface area contributed by atoms with E-state index in [2.05, 4.69) is 0 Å². The monoisotopic (exact) mass is 496 g/mol. The molecule has 0 N–H and O–H groups in total. The molecule has 36 heavy (non-hydrogen) atoms. The summed E-state index contributed by atoms with van der Waals surface area (Å²) in [6.07, 6.45) is 4.14. The molecule has 8 nitrogen and oxygen atoms in total. The highest BCUT2D eigenvalue weighted by Gasteiger charge is 2.23. The molecule has 0 unspecified atom stereocenters. The molecule has 0 aliphatic heterocycles. The summed E-state index contributed by atoms with van der Waals surface area (Å²) in [5.74, 6) is -0.883. The van der Waals surface area contributed by atoms with E-state index in [-0.39, 0.29) is 30.1 Å². The lowest BCUT2D eigenvalue weighted by atomic mass is 9.83. The molecular formula is C28H32O8. The quantitative estimate of drug-likeness (QED) is 0.194. The number of hydrogen-bond donors (Lipinski definition) is 0. The topological polar surface area (TPSA) is 105 Å². The number of ketones is 1. The first-order chi connectivity index (χ1) is 17.4. The van der Waals surface area contributed by atoms with Crippen molar-refractivity contribution in [3.8, 4) is 0 Å². The van der Waals surface area contributed by atoms with Crippen molar-refractivity contribution in [2.45, 2.75) is 32.6 Å². The van der Waals surface area contributed by atoms with Gasteiger partial charge >= 0.3 is 17.9 Å². The second kappa shape index (κ2) is 13.5. The largest absolute Gasteiger partial charge is 0.462 e. The fourth-order valence-corrected chi connectivity index (χ4v) is 4.13. The number of hydrogen-bond acceptors (Lipinski definition) is 8. The maximum Gasteiger partial charge on any atom is 0.338 e. The highest BCUT2D eigenvalue weighted by Crippen LogP contribution is 2.29. The van der Waals surface area contributed by atoms with Gasteiger partial charge in [-0.2, -0.15) is 0 Å². The van der Waals surface area contributed by atoms with Gasteiger partial charge in [-0.1, -0.05) is 18.2 Å². The van der Waals surface area contributed by atoms with Gasteiger partial charge in [0, 0.05) is 19.3 Å². The Labute approximate surface area is 210 Å². The van der Waals surface area contributed by atoms with E-state index in [1.165, 1.54) is 25.1 Å². The van der Waals surface area contributed by atoms with Crippen molar-refractivity contribution in [3.63, 3.8) is 0 Å². The van der Waals surface area contributed by atoms with Gasteiger partial charge in [-0.05, 0) is 74.8 Å². The predicted octanol–water partition coefficient (Wildman–Crippen LogP) is 4.51. The van der Waals surface area contributed by atoms with Gasteiger partial charge in [-0.25, -0.2) is 14.4 Å². The molecule has 2 aromatic rings. The number of esters is 3. The van der Waals surface area contributed by atoms with Crippen molar-refractivity contribution in [3.05, 3.63) is 70.8 Å². The average Bonchev–Trinajstić information content (AvgIpc) is 2.90. The second-order valence-corrected chi connectivity index (χ2v) is 8.93. The zero-order valence-electron chi connectivity index (χ0n) is 20.7. The van der Waals surface area contributed by atoms with Gasteiger partial charge in [0.15, 0.2) is 5.78 Å². The van der Waals surface area contributed by atoms with Gasteiger partial charge in [-0.3, -0.25) is 4.79 Å². The predicted molar refractivity (Wildman–Crippen MR) is 131 cm³/mol. The number of Topliss-reactive ketones (excluding diaryl/α,β-unsaturated/α-hetero) is 1. The minimum Gasteiger partial charge on any atom is -0.462 e. The molecular weight excluding hydrogens is 464 g/mol. The Balaban J connectivity index is 1.40. The van der Waals surface area contributed by atoms with Crippen molar-refractivity contribution in [1.82, 2.24) is 0 Å². The molecule has 1 aliphatic carbocycles. The Morgan fingerprint density at radius 3 is 1.67 bits per heavy atom. The molecule has 0 amide bonds. The maximum atomic E-state index is 12.5. The second-order valence-electron chi connectivity index (χ2n) is 8.93. The zero-order chi connectivity index (χ0) is 25.9. The summed E-state index contributed by atoms with van der Waals surface area (Å²) < 4.78 is 21.0. The molecule has 1 fully saturated rings. The smallest absolute Gasteiger partial charge is 0.338 e. The van der Waals surface area contributed by atoms with Crippen LogP contribution in [-0.2, 0) is 18.9 Å². The average molecular weight is 497 g/mol. The third-order valence-corrected chi connectivity index (χ3v) is 6.23. The number of methoxy groups -OCH3 is 1. The normalized spacial score (nSPS) is 17.2. The van der Waals surface area contributed by atoms with Gasteiger partial charge in [0.2, 0.25) is 0 Å². The molecule has 0 radical (unpaired) electrons. The maximum absolute atomic E-state index is 12.5. The highest BCUT2D eigenvalue weighted by molar-refractivity contribution is 5.96. The lowest BCUT2D eigenvalue weighted by Gasteiger charge is -2.27. The molecule has 192 valence electrons. The zero-order valence-corrected chi connectivity index (χ0v) is 20.7. The molecule has 1 aliphatic rings. The number of carbonyl (C=O) groups is 4. The van der Waals surface area contributed by atoms with E-state index >= 15 is 0 Å². The van der Waals surface area contributed by atoms with Crippen molar-refractivity contribution >= 4 is 23.7 Å². The van der Waals surface area contributed by atoms with E-state index in [4.69, 9.17) is 18.9 Å². The van der Waals surface area contributed by atoms with Crippen LogP contribution in [0.5, 0.6) is 0 Å². The van der Waals surface area contributed by atoms with E-state index in [1.807, 2.05) is 0 Å². The third-order valence-electron chi connectivity index (χ3n) is 6.23. The number of benzene rings is 2. The lowest BCUT2D eigenvalue weighted by molar-refractivity contribution is 0.0265. The van der Waals surface area contributed by atoms with Crippen LogP contribution < -0.4 is 0 Å². The van der Waals surface area contributed by atoms with Gasteiger partial charge < -0.3 is 18.9 Å². The number of carbonyl (C=O) groups excluding carboxylic acids is 4. The Morgan fingerprint density at radius 2 is 1.14 bits per heavy atom. The standard InChI is InChI=1S/C28H32O8/c1-19(29)22-10-12-23(13-11-22)26(30)34-14-15-35-27(31)24-4-3-5-25(16-24)28(32)36-18-21-8-6-20(7-9-21)17-33-2/h3-5,10-13,16,20-21H,6-9,14-15,17-18H2,1-2H3. The minimum atomic E-state index is -0.636. The summed E-state index contributed by atoms with van der Waals surface area (Å²) in [6, 6.07) is 12.3. The molecule has 2 aromatic carbocycles. The molecule has 0 spiro atoms. The first-order valence-electron chi connectivity index (χ1n) is 12.1. The van der Waals surface area contributed by atoms with Crippen LogP contribution in [0.2, 0.25) is 0 Å². The van der Waals surface area contributed by atoms with Crippen molar-refractivity contribution in [2.75, 3.05) is 33.5 Å².